The maximum Gasteiger partial charge on any atom is 0.306 e. The largest absolute Gasteiger partial charge is 0.481 e. The molecule has 1 aliphatic heterocycles. The number of likely N-dealkylation sites (tertiary alicyclic amines) is 1. The molecule has 1 aliphatic carbocycles. The number of carboxylic acids is 1. The molecule has 16 heavy (non-hydrogen) atoms. The average molecular weight is 225 g/mol. The highest BCUT2D eigenvalue weighted by atomic mass is 16.4. The van der Waals surface area contributed by atoms with Gasteiger partial charge in [0.05, 0.1) is 5.92 Å². The van der Waals surface area contributed by atoms with Gasteiger partial charge in [0.1, 0.15) is 0 Å². The van der Waals surface area contributed by atoms with E-state index in [-0.39, 0.29) is 5.92 Å². The van der Waals surface area contributed by atoms with Crippen molar-refractivity contribution in [1.82, 2.24) is 4.90 Å². The molecular formula is C13H23NO2. The van der Waals surface area contributed by atoms with Crippen molar-refractivity contribution in [2.45, 2.75) is 45.6 Å². The smallest absolute Gasteiger partial charge is 0.306 e. The lowest BCUT2D eigenvalue weighted by Crippen LogP contribution is -2.55. The third-order valence-corrected chi connectivity index (χ3v) is 4.39. The lowest BCUT2D eigenvalue weighted by atomic mass is 9.80. The van der Waals surface area contributed by atoms with E-state index >= 15 is 0 Å². The van der Waals surface area contributed by atoms with Crippen LogP contribution in [0.2, 0.25) is 0 Å². The van der Waals surface area contributed by atoms with E-state index in [1.165, 1.54) is 19.5 Å². The van der Waals surface area contributed by atoms with E-state index in [2.05, 4.69) is 18.7 Å². The van der Waals surface area contributed by atoms with Gasteiger partial charge in [0, 0.05) is 19.1 Å². The van der Waals surface area contributed by atoms with Gasteiger partial charge in [-0.3, -0.25) is 9.69 Å². The Kier molecular flexibility index (Phi) is 3.53. The van der Waals surface area contributed by atoms with Gasteiger partial charge in [0.15, 0.2) is 0 Å². The van der Waals surface area contributed by atoms with Crippen LogP contribution in [0.25, 0.3) is 0 Å². The summed E-state index contributed by atoms with van der Waals surface area (Å²) in [5.74, 6) is 0.933. The Hall–Kier alpha value is -0.570. The predicted octanol–water partition coefficient (Wildman–Crippen LogP) is 2.22. The number of nitrogens with zero attached hydrogens (tertiary/aromatic N) is 1. The zero-order valence-corrected chi connectivity index (χ0v) is 10.4. The minimum atomic E-state index is -0.592. The van der Waals surface area contributed by atoms with E-state index in [0.717, 1.165) is 31.1 Å². The first kappa shape index (κ1) is 11.9. The maximum absolute atomic E-state index is 11.0. The zero-order valence-electron chi connectivity index (χ0n) is 10.4. The van der Waals surface area contributed by atoms with Crippen molar-refractivity contribution in [3.05, 3.63) is 0 Å². The van der Waals surface area contributed by atoms with Crippen LogP contribution < -0.4 is 0 Å². The van der Waals surface area contributed by atoms with Crippen LogP contribution in [0.5, 0.6) is 0 Å². The summed E-state index contributed by atoms with van der Waals surface area (Å²) < 4.78 is 0. The molecule has 2 aliphatic rings. The van der Waals surface area contributed by atoms with Crippen molar-refractivity contribution < 1.29 is 9.90 Å². The van der Waals surface area contributed by atoms with E-state index in [4.69, 9.17) is 5.11 Å². The van der Waals surface area contributed by atoms with Crippen LogP contribution in [0.3, 0.4) is 0 Å². The normalized spacial score (nSPS) is 32.7. The molecule has 1 saturated carbocycles. The first-order valence-electron chi connectivity index (χ1n) is 6.54. The van der Waals surface area contributed by atoms with Crippen LogP contribution in [0, 0.1) is 17.8 Å². The first-order chi connectivity index (χ1) is 7.58. The van der Waals surface area contributed by atoms with Crippen molar-refractivity contribution in [3.8, 4) is 0 Å². The summed E-state index contributed by atoms with van der Waals surface area (Å²) in [4.78, 5) is 13.5. The topological polar surface area (TPSA) is 40.5 Å². The van der Waals surface area contributed by atoms with E-state index in [0.29, 0.717) is 6.04 Å². The van der Waals surface area contributed by atoms with Crippen molar-refractivity contribution in [1.29, 1.82) is 0 Å². The molecule has 0 radical (unpaired) electrons. The summed E-state index contributed by atoms with van der Waals surface area (Å²) in [5, 5.41) is 9.05. The second-order valence-electron chi connectivity index (χ2n) is 5.81. The highest BCUT2D eigenvalue weighted by Gasteiger charge is 2.37. The molecule has 1 N–H and O–H groups in total. The Bertz CT molecular complexity index is 259. The van der Waals surface area contributed by atoms with Crippen LogP contribution in [-0.4, -0.2) is 35.1 Å². The summed E-state index contributed by atoms with van der Waals surface area (Å²) >= 11 is 0. The standard InChI is InChI=1S/C13H23NO2/c1-9(2)11-7-14(8-11)12-5-3-4-10(6-12)13(15)16/h9-12H,3-8H2,1-2H3,(H,15,16). The monoisotopic (exact) mass is 225 g/mol. The lowest BCUT2D eigenvalue weighted by molar-refractivity contribution is -0.144. The van der Waals surface area contributed by atoms with Gasteiger partial charge in [-0.2, -0.15) is 0 Å². The summed E-state index contributed by atoms with van der Waals surface area (Å²) in [6.07, 6.45) is 4.05. The third-order valence-electron chi connectivity index (χ3n) is 4.39. The van der Waals surface area contributed by atoms with Gasteiger partial charge in [0.2, 0.25) is 0 Å². The van der Waals surface area contributed by atoms with Crippen LogP contribution in [0.4, 0.5) is 0 Å². The van der Waals surface area contributed by atoms with Gasteiger partial charge in [-0.05, 0) is 31.1 Å². The fourth-order valence-corrected chi connectivity index (χ4v) is 2.99. The highest BCUT2D eigenvalue weighted by molar-refractivity contribution is 5.70. The van der Waals surface area contributed by atoms with Gasteiger partial charge >= 0.3 is 5.97 Å². The summed E-state index contributed by atoms with van der Waals surface area (Å²) in [5.41, 5.74) is 0. The highest BCUT2D eigenvalue weighted by Crippen LogP contribution is 2.33. The van der Waals surface area contributed by atoms with Gasteiger partial charge in [-0.25, -0.2) is 0 Å². The van der Waals surface area contributed by atoms with Crippen molar-refractivity contribution in [2.24, 2.45) is 17.8 Å². The van der Waals surface area contributed by atoms with Gasteiger partial charge < -0.3 is 5.11 Å². The lowest BCUT2D eigenvalue weighted by Gasteiger charge is -2.48. The minimum Gasteiger partial charge on any atom is -0.481 e. The molecule has 92 valence electrons. The molecule has 0 bridgehead atoms. The van der Waals surface area contributed by atoms with Crippen molar-refractivity contribution in [3.63, 3.8) is 0 Å². The number of carbonyl (C=O) groups is 1. The van der Waals surface area contributed by atoms with Crippen molar-refractivity contribution >= 4 is 5.97 Å². The maximum atomic E-state index is 11.0. The van der Waals surface area contributed by atoms with E-state index < -0.39 is 5.97 Å². The second-order valence-corrected chi connectivity index (χ2v) is 5.81. The van der Waals surface area contributed by atoms with Crippen molar-refractivity contribution in [2.75, 3.05) is 13.1 Å². The summed E-state index contributed by atoms with van der Waals surface area (Å²) in [6, 6.07) is 0.546. The molecule has 2 atom stereocenters. The molecule has 0 aromatic carbocycles. The number of hydrogen-bond acceptors (Lipinski definition) is 2. The van der Waals surface area contributed by atoms with Gasteiger partial charge in [0.25, 0.3) is 0 Å². The molecular weight excluding hydrogens is 202 g/mol. The molecule has 1 saturated heterocycles. The van der Waals surface area contributed by atoms with E-state index in [9.17, 15) is 4.79 Å². The molecule has 0 aromatic rings. The third kappa shape index (κ3) is 2.40. The van der Waals surface area contributed by atoms with Gasteiger partial charge in [-0.1, -0.05) is 20.3 Å². The Labute approximate surface area is 97.8 Å². The Morgan fingerprint density at radius 1 is 1.31 bits per heavy atom. The molecule has 0 amide bonds. The average Bonchev–Trinajstić information content (AvgIpc) is 2.15. The molecule has 3 heteroatoms. The quantitative estimate of drug-likeness (QED) is 0.800. The number of rotatable bonds is 3. The summed E-state index contributed by atoms with van der Waals surface area (Å²) in [7, 11) is 0. The number of aliphatic carboxylic acids is 1. The van der Waals surface area contributed by atoms with E-state index in [1.807, 2.05) is 0 Å². The Morgan fingerprint density at radius 2 is 2.00 bits per heavy atom. The molecule has 3 nitrogen and oxygen atoms in total. The molecule has 0 spiro atoms. The van der Waals surface area contributed by atoms with Crippen LogP contribution in [-0.2, 0) is 4.79 Å². The minimum absolute atomic E-state index is 0.0863. The fraction of sp³-hybridized carbons (Fsp3) is 0.923. The molecule has 2 rings (SSSR count). The molecule has 2 unspecified atom stereocenters. The SMILES string of the molecule is CC(C)C1CN(C2CCCC(C(=O)O)C2)C1. The summed E-state index contributed by atoms with van der Waals surface area (Å²) in [6.45, 7) is 6.94. The van der Waals surface area contributed by atoms with Gasteiger partial charge in [-0.15, -0.1) is 0 Å². The van der Waals surface area contributed by atoms with Crippen LogP contribution in [0.15, 0.2) is 0 Å². The van der Waals surface area contributed by atoms with Crippen LogP contribution >= 0.6 is 0 Å². The number of hydrogen-bond donors (Lipinski definition) is 1. The molecule has 0 aromatic heterocycles. The number of carboxylic acid groups (broad SMARTS) is 1. The second kappa shape index (κ2) is 4.74. The zero-order chi connectivity index (χ0) is 11.7. The first-order valence-corrected chi connectivity index (χ1v) is 6.54. The molecule has 2 fully saturated rings. The van der Waals surface area contributed by atoms with Crippen LogP contribution in [0.1, 0.15) is 39.5 Å². The van der Waals surface area contributed by atoms with E-state index in [1.54, 1.807) is 0 Å². The predicted molar refractivity (Wildman–Crippen MR) is 63.3 cm³/mol. The molecule has 1 heterocycles. The Balaban J connectivity index is 1.81. The Morgan fingerprint density at radius 3 is 2.56 bits per heavy atom. The fourth-order valence-electron chi connectivity index (χ4n) is 2.99.